The molecule has 0 N–H and O–H groups in total. The highest BCUT2D eigenvalue weighted by atomic mass is 16.5. The summed E-state index contributed by atoms with van der Waals surface area (Å²) in [6.45, 7) is 1.24. The molecule has 0 aliphatic heterocycles. The third kappa shape index (κ3) is 2.22. The first-order valence-corrected chi connectivity index (χ1v) is 3.78. The third-order valence-corrected chi connectivity index (χ3v) is 1.49. The van der Waals surface area contributed by atoms with Gasteiger partial charge < -0.3 is 4.74 Å². The average molecular weight is 193 g/mol. The summed E-state index contributed by atoms with van der Waals surface area (Å²) >= 11 is 0. The van der Waals surface area contributed by atoms with Crippen molar-refractivity contribution < 1.29 is 14.3 Å². The van der Waals surface area contributed by atoms with Gasteiger partial charge in [0.05, 0.1) is 0 Å². The second kappa shape index (κ2) is 4.27. The fraction of sp³-hybridized carbons (Fsp3) is 0.111. The number of rotatable bonds is 3. The standard InChI is InChI=1S/C9H7NO4/c1-6(12)14-8-3-2-7(5-11)9(4-8)10-13/h2-5H,1H3. The molecule has 0 unspecified atom stereocenters. The van der Waals surface area contributed by atoms with E-state index in [0.29, 0.717) is 6.29 Å². The third-order valence-electron chi connectivity index (χ3n) is 1.49. The van der Waals surface area contributed by atoms with Crippen LogP contribution in [0.15, 0.2) is 23.4 Å². The van der Waals surface area contributed by atoms with Crippen molar-refractivity contribution in [3.8, 4) is 5.75 Å². The van der Waals surface area contributed by atoms with Gasteiger partial charge in [0.15, 0.2) is 6.29 Å². The number of nitroso groups, excluding NO2 is 1. The van der Waals surface area contributed by atoms with Crippen LogP contribution in [-0.4, -0.2) is 12.3 Å². The fourth-order valence-electron chi connectivity index (χ4n) is 0.932. The maximum atomic E-state index is 10.6. The van der Waals surface area contributed by atoms with Crippen molar-refractivity contribution in [3.05, 3.63) is 28.7 Å². The van der Waals surface area contributed by atoms with E-state index in [1.54, 1.807) is 0 Å². The molecule has 0 fully saturated rings. The van der Waals surface area contributed by atoms with Gasteiger partial charge >= 0.3 is 5.97 Å². The van der Waals surface area contributed by atoms with Crippen LogP contribution >= 0.6 is 0 Å². The number of esters is 1. The van der Waals surface area contributed by atoms with Crippen LogP contribution in [0.1, 0.15) is 17.3 Å². The Morgan fingerprint density at radius 2 is 2.21 bits per heavy atom. The lowest BCUT2D eigenvalue weighted by molar-refractivity contribution is -0.131. The van der Waals surface area contributed by atoms with E-state index < -0.39 is 5.97 Å². The van der Waals surface area contributed by atoms with Crippen LogP contribution in [0.25, 0.3) is 0 Å². The smallest absolute Gasteiger partial charge is 0.308 e. The van der Waals surface area contributed by atoms with Gasteiger partial charge in [-0.3, -0.25) is 9.59 Å². The highest BCUT2D eigenvalue weighted by Crippen LogP contribution is 2.23. The Morgan fingerprint density at radius 1 is 1.50 bits per heavy atom. The molecule has 5 nitrogen and oxygen atoms in total. The Kier molecular flexibility index (Phi) is 3.06. The molecule has 0 atom stereocenters. The van der Waals surface area contributed by atoms with E-state index in [9.17, 15) is 14.5 Å². The van der Waals surface area contributed by atoms with Crippen molar-refractivity contribution in [1.29, 1.82) is 0 Å². The summed E-state index contributed by atoms with van der Waals surface area (Å²) in [5.41, 5.74) is 0.120. The molecule has 0 amide bonds. The molecule has 0 aromatic heterocycles. The minimum atomic E-state index is -0.499. The minimum absolute atomic E-state index is 0.0428. The Labute approximate surface area is 79.7 Å². The van der Waals surface area contributed by atoms with Gasteiger partial charge in [0.2, 0.25) is 0 Å². The summed E-state index contributed by atoms with van der Waals surface area (Å²) in [6, 6.07) is 4.01. The molecule has 0 saturated heterocycles. The zero-order valence-electron chi connectivity index (χ0n) is 7.39. The number of nitrogens with zero attached hydrogens (tertiary/aromatic N) is 1. The molecule has 1 aromatic rings. The number of ether oxygens (including phenoxy) is 1. The molecule has 1 rings (SSSR count). The van der Waals surface area contributed by atoms with Crippen molar-refractivity contribution in [2.45, 2.75) is 6.92 Å². The molecule has 0 bridgehead atoms. The van der Waals surface area contributed by atoms with Crippen LogP contribution in [0, 0.1) is 4.91 Å². The monoisotopic (exact) mass is 193 g/mol. The fourth-order valence-corrected chi connectivity index (χ4v) is 0.932. The Balaban J connectivity index is 3.07. The van der Waals surface area contributed by atoms with Gasteiger partial charge in [-0.2, -0.15) is 0 Å². The van der Waals surface area contributed by atoms with Gasteiger partial charge in [0.1, 0.15) is 11.4 Å². The molecule has 0 spiro atoms. The number of hydrogen-bond donors (Lipinski definition) is 0. The first-order valence-electron chi connectivity index (χ1n) is 3.78. The second-order valence-corrected chi connectivity index (χ2v) is 2.52. The normalized spacial score (nSPS) is 9.21. The molecule has 0 saturated carbocycles. The van der Waals surface area contributed by atoms with Gasteiger partial charge in [-0.25, -0.2) is 0 Å². The number of aldehydes is 1. The van der Waals surface area contributed by atoms with Crippen LogP contribution in [0.5, 0.6) is 5.75 Å². The second-order valence-electron chi connectivity index (χ2n) is 2.52. The summed E-state index contributed by atoms with van der Waals surface area (Å²) in [6.07, 6.45) is 0.508. The van der Waals surface area contributed by atoms with Crippen LogP contribution in [0.3, 0.4) is 0 Å². The van der Waals surface area contributed by atoms with Crippen molar-refractivity contribution in [2.24, 2.45) is 5.18 Å². The van der Waals surface area contributed by atoms with Gasteiger partial charge in [-0.05, 0) is 17.3 Å². The van der Waals surface area contributed by atoms with Crippen molar-refractivity contribution in [1.82, 2.24) is 0 Å². The number of benzene rings is 1. The molecular formula is C9H7NO4. The summed E-state index contributed by atoms with van der Waals surface area (Å²) in [5, 5.41) is 2.64. The Hall–Kier alpha value is -2.04. The Morgan fingerprint density at radius 3 is 2.71 bits per heavy atom. The molecule has 0 heterocycles. The zero-order valence-corrected chi connectivity index (χ0v) is 7.39. The van der Waals surface area contributed by atoms with Crippen molar-refractivity contribution in [2.75, 3.05) is 0 Å². The van der Waals surface area contributed by atoms with Crippen LogP contribution in [0.4, 0.5) is 5.69 Å². The molecule has 14 heavy (non-hydrogen) atoms. The summed E-state index contributed by atoms with van der Waals surface area (Å²) in [4.78, 5) is 31.3. The van der Waals surface area contributed by atoms with Crippen LogP contribution in [0.2, 0.25) is 0 Å². The predicted octanol–water partition coefficient (Wildman–Crippen LogP) is 1.82. The van der Waals surface area contributed by atoms with E-state index in [0.717, 1.165) is 0 Å². The number of hydrogen-bond acceptors (Lipinski definition) is 5. The Bertz CT molecular complexity index is 386. The van der Waals surface area contributed by atoms with E-state index in [1.165, 1.54) is 25.1 Å². The lowest BCUT2D eigenvalue weighted by Crippen LogP contribution is -2.01. The minimum Gasteiger partial charge on any atom is -0.427 e. The highest BCUT2D eigenvalue weighted by Gasteiger charge is 2.05. The van der Waals surface area contributed by atoms with E-state index in [4.69, 9.17) is 4.74 Å². The molecule has 72 valence electrons. The maximum absolute atomic E-state index is 10.6. The van der Waals surface area contributed by atoms with Crippen LogP contribution < -0.4 is 4.74 Å². The first kappa shape index (κ1) is 10.0. The van der Waals surface area contributed by atoms with Gasteiger partial charge in [0, 0.05) is 18.6 Å². The lowest BCUT2D eigenvalue weighted by Gasteiger charge is -2.01. The predicted molar refractivity (Wildman–Crippen MR) is 48.6 cm³/mol. The molecule has 5 heteroatoms. The zero-order chi connectivity index (χ0) is 10.6. The van der Waals surface area contributed by atoms with E-state index in [1.807, 2.05) is 0 Å². The lowest BCUT2D eigenvalue weighted by atomic mass is 10.2. The quantitative estimate of drug-likeness (QED) is 0.317. The maximum Gasteiger partial charge on any atom is 0.308 e. The number of carbonyl (C=O) groups excluding carboxylic acids is 2. The molecular weight excluding hydrogens is 186 g/mol. The first-order chi connectivity index (χ1) is 6.67. The SMILES string of the molecule is CC(=O)Oc1ccc(C=O)c(N=O)c1. The molecule has 0 aliphatic carbocycles. The average Bonchev–Trinajstić information content (AvgIpc) is 2.16. The van der Waals surface area contributed by atoms with Crippen molar-refractivity contribution >= 4 is 17.9 Å². The summed E-state index contributed by atoms with van der Waals surface area (Å²) in [7, 11) is 0. The highest BCUT2D eigenvalue weighted by molar-refractivity contribution is 5.83. The van der Waals surface area contributed by atoms with Gasteiger partial charge in [-0.1, -0.05) is 0 Å². The topological polar surface area (TPSA) is 72.8 Å². The molecule has 0 radical (unpaired) electrons. The summed E-state index contributed by atoms with van der Waals surface area (Å²) < 4.78 is 4.70. The van der Waals surface area contributed by atoms with E-state index in [2.05, 4.69) is 5.18 Å². The summed E-state index contributed by atoms with van der Waals surface area (Å²) in [5.74, 6) is -0.307. The molecule has 1 aromatic carbocycles. The van der Waals surface area contributed by atoms with Gasteiger partial charge in [0.25, 0.3) is 0 Å². The van der Waals surface area contributed by atoms with E-state index in [-0.39, 0.29) is 17.0 Å². The van der Waals surface area contributed by atoms with Crippen molar-refractivity contribution in [3.63, 3.8) is 0 Å². The largest absolute Gasteiger partial charge is 0.427 e. The number of carbonyl (C=O) groups is 2. The van der Waals surface area contributed by atoms with Gasteiger partial charge in [-0.15, -0.1) is 4.91 Å². The van der Waals surface area contributed by atoms with E-state index >= 15 is 0 Å². The van der Waals surface area contributed by atoms with Crippen LogP contribution in [-0.2, 0) is 4.79 Å². The molecule has 0 aliphatic rings.